The Morgan fingerprint density at radius 1 is 0.963 bits per heavy atom. The average Bonchev–Trinajstić information content (AvgIpc) is 2.70. The number of benzene rings is 2. The Morgan fingerprint density at radius 3 is 2.00 bits per heavy atom. The first-order chi connectivity index (χ1) is 13.2. The van der Waals surface area contributed by atoms with Crippen molar-refractivity contribution >= 4 is 11.9 Å². The molecule has 27 heavy (non-hydrogen) atoms. The van der Waals surface area contributed by atoms with E-state index in [0.29, 0.717) is 19.6 Å². The maximum atomic E-state index is 13.4. The molecule has 0 saturated carbocycles. The van der Waals surface area contributed by atoms with Crippen molar-refractivity contribution in [2.75, 3.05) is 26.3 Å². The van der Waals surface area contributed by atoms with Crippen molar-refractivity contribution in [1.29, 1.82) is 0 Å². The van der Waals surface area contributed by atoms with E-state index in [0.717, 1.165) is 11.1 Å². The van der Waals surface area contributed by atoms with Crippen LogP contribution in [0.25, 0.3) is 0 Å². The lowest BCUT2D eigenvalue weighted by atomic mass is 9.90. The zero-order chi connectivity index (χ0) is 19.5. The molecule has 0 aliphatic heterocycles. The zero-order valence-electron chi connectivity index (χ0n) is 15.7. The number of aliphatic hydroxyl groups excluding tert-OH is 1. The summed E-state index contributed by atoms with van der Waals surface area (Å²) in [5, 5.41) is 9.20. The lowest BCUT2D eigenvalue weighted by molar-refractivity contribution is -0.144. The van der Waals surface area contributed by atoms with E-state index in [4.69, 9.17) is 4.74 Å². The molecule has 0 atom stereocenters. The molecule has 0 heterocycles. The summed E-state index contributed by atoms with van der Waals surface area (Å²) in [6.45, 7) is 2.73. The largest absolute Gasteiger partial charge is 0.466 e. The van der Waals surface area contributed by atoms with E-state index in [1.54, 1.807) is 11.8 Å². The molecule has 0 fully saturated rings. The smallest absolute Gasteiger partial charge is 0.307 e. The minimum absolute atomic E-state index is 0.00940. The second kappa shape index (κ2) is 11.1. The van der Waals surface area contributed by atoms with Crippen LogP contribution in [0, 0.1) is 0 Å². The fourth-order valence-electron chi connectivity index (χ4n) is 3.00. The normalized spacial score (nSPS) is 10.6. The summed E-state index contributed by atoms with van der Waals surface area (Å²) in [6.07, 6.45) is 0.603. The van der Waals surface area contributed by atoms with Gasteiger partial charge < -0.3 is 14.7 Å². The number of carbonyl (C=O) groups is 2. The van der Waals surface area contributed by atoms with Gasteiger partial charge in [0.1, 0.15) is 0 Å². The first-order valence-corrected chi connectivity index (χ1v) is 9.32. The highest BCUT2D eigenvalue weighted by molar-refractivity contribution is 5.87. The molecule has 2 aromatic rings. The van der Waals surface area contributed by atoms with Crippen LogP contribution in [0.5, 0.6) is 0 Å². The number of hydrogen-bond acceptors (Lipinski definition) is 4. The molecule has 2 aromatic carbocycles. The fraction of sp³-hybridized carbons (Fsp3) is 0.364. The second-order valence-electron chi connectivity index (χ2n) is 6.21. The number of carbonyl (C=O) groups excluding carboxylic acids is 2. The summed E-state index contributed by atoms with van der Waals surface area (Å²) in [5.74, 6) is -0.853. The lowest BCUT2D eigenvalue weighted by Crippen LogP contribution is -2.38. The predicted octanol–water partition coefficient (Wildman–Crippen LogP) is 2.98. The number of nitrogens with zero attached hydrogens (tertiary/aromatic N) is 1. The standard InChI is InChI=1S/C22H27NO4/c1-2-27-20(25)14-16-23(15-9-17-24)22(26)21(18-10-5-3-6-11-18)19-12-7-4-8-13-19/h3-8,10-13,21,24H,2,9,14-17H2,1H3. The van der Waals surface area contributed by atoms with Gasteiger partial charge in [0.15, 0.2) is 0 Å². The predicted molar refractivity (Wildman–Crippen MR) is 104 cm³/mol. The Kier molecular flexibility index (Phi) is 8.52. The molecule has 1 N–H and O–H groups in total. The molecule has 0 unspecified atom stereocenters. The van der Waals surface area contributed by atoms with Crippen LogP contribution in [-0.2, 0) is 14.3 Å². The van der Waals surface area contributed by atoms with Crippen LogP contribution in [-0.4, -0.2) is 48.2 Å². The first kappa shape index (κ1) is 20.6. The molecule has 0 aliphatic rings. The average molecular weight is 369 g/mol. The molecule has 1 amide bonds. The van der Waals surface area contributed by atoms with E-state index < -0.39 is 5.92 Å². The van der Waals surface area contributed by atoms with E-state index in [-0.39, 0.29) is 31.4 Å². The summed E-state index contributed by atoms with van der Waals surface area (Å²) in [7, 11) is 0. The molecule has 5 heteroatoms. The van der Waals surface area contributed by atoms with Gasteiger partial charge in [-0.2, -0.15) is 0 Å². The molecule has 5 nitrogen and oxygen atoms in total. The summed E-state index contributed by atoms with van der Waals surface area (Å²) in [4.78, 5) is 26.8. The van der Waals surface area contributed by atoms with E-state index >= 15 is 0 Å². The van der Waals surface area contributed by atoms with Gasteiger partial charge in [-0.25, -0.2) is 0 Å². The number of amides is 1. The van der Waals surface area contributed by atoms with Crippen LogP contribution in [0.15, 0.2) is 60.7 Å². The monoisotopic (exact) mass is 369 g/mol. The molecule has 0 radical (unpaired) electrons. The van der Waals surface area contributed by atoms with Gasteiger partial charge >= 0.3 is 5.97 Å². The van der Waals surface area contributed by atoms with Crippen LogP contribution in [0.4, 0.5) is 0 Å². The van der Waals surface area contributed by atoms with E-state index in [1.165, 1.54) is 0 Å². The molecule has 0 bridgehead atoms. The Morgan fingerprint density at radius 2 is 1.52 bits per heavy atom. The van der Waals surface area contributed by atoms with Crippen molar-refractivity contribution in [2.24, 2.45) is 0 Å². The van der Waals surface area contributed by atoms with E-state index in [9.17, 15) is 14.7 Å². The number of aliphatic hydroxyl groups is 1. The van der Waals surface area contributed by atoms with Crippen molar-refractivity contribution in [1.82, 2.24) is 4.90 Å². The SMILES string of the molecule is CCOC(=O)CCN(CCCO)C(=O)C(c1ccccc1)c1ccccc1. The Hall–Kier alpha value is -2.66. The van der Waals surface area contributed by atoms with E-state index in [2.05, 4.69) is 0 Å². The van der Waals surface area contributed by atoms with Gasteiger partial charge in [-0.05, 0) is 24.5 Å². The fourth-order valence-corrected chi connectivity index (χ4v) is 3.00. The number of ether oxygens (including phenoxy) is 1. The van der Waals surface area contributed by atoms with Crippen molar-refractivity contribution in [2.45, 2.75) is 25.7 Å². The van der Waals surface area contributed by atoms with Gasteiger partial charge in [-0.3, -0.25) is 9.59 Å². The third-order valence-corrected chi connectivity index (χ3v) is 4.30. The maximum absolute atomic E-state index is 13.4. The van der Waals surface area contributed by atoms with Gasteiger partial charge in [0.25, 0.3) is 0 Å². The molecule has 2 rings (SSSR count). The van der Waals surface area contributed by atoms with Crippen LogP contribution in [0.2, 0.25) is 0 Å². The first-order valence-electron chi connectivity index (χ1n) is 9.32. The highest BCUT2D eigenvalue weighted by atomic mass is 16.5. The number of esters is 1. The minimum atomic E-state index is -0.451. The van der Waals surface area contributed by atoms with Gasteiger partial charge in [-0.1, -0.05) is 60.7 Å². The zero-order valence-corrected chi connectivity index (χ0v) is 15.7. The minimum Gasteiger partial charge on any atom is -0.466 e. The van der Waals surface area contributed by atoms with Crippen LogP contribution in [0.3, 0.4) is 0 Å². The molecule has 144 valence electrons. The quantitative estimate of drug-likeness (QED) is 0.654. The molecule has 0 spiro atoms. The van der Waals surface area contributed by atoms with Crippen LogP contribution >= 0.6 is 0 Å². The third kappa shape index (κ3) is 6.22. The highest BCUT2D eigenvalue weighted by Crippen LogP contribution is 2.27. The van der Waals surface area contributed by atoms with Gasteiger partial charge in [0, 0.05) is 19.7 Å². The van der Waals surface area contributed by atoms with Gasteiger partial charge in [0.05, 0.1) is 18.9 Å². The van der Waals surface area contributed by atoms with Crippen LogP contribution in [0.1, 0.15) is 36.8 Å². The summed E-state index contributed by atoms with van der Waals surface area (Å²) >= 11 is 0. The number of hydrogen-bond donors (Lipinski definition) is 1. The second-order valence-corrected chi connectivity index (χ2v) is 6.21. The maximum Gasteiger partial charge on any atom is 0.307 e. The van der Waals surface area contributed by atoms with Gasteiger partial charge in [-0.15, -0.1) is 0 Å². The summed E-state index contributed by atoms with van der Waals surface area (Å²) in [5.41, 5.74) is 1.80. The van der Waals surface area contributed by atoms with Crippen molar-refractivity contribution in [3.63, 3.8) is 0 Å². The highest BCUT2D eigenvalue weighted by Gasteiger charge is 2.27. The molecular formula is C22H27NO4. The Bertz CT molecular complexity index is 663. The topological polar surface area (TPSA) is 66.8 Å². The van der Waals surface area contributed by atoms with Crippen molar-refractivity contribution < 1.29 is 19.4 Å². The van der Waals surface area contributed by atoms with E-state index in [1.807, 2.05) is 60.7 Å². The summed E-state index contributed by atoms with van der Waals surface area (Å²) in [6, 6.07) is 19.2. The molecule has 0 saturated heterocycles. The molecule has 0 aromatic heterocycles. The third-order valence-electron chi connectivity index (χ3n) is 4.30. The molecular weight excluding hydrogens is 342 g/mol. The van der Waals surface area contributed by atoms with Gasteiger partial charge in [0.2, 0.25) is 5.91 Å². The lowest BCUT2D eigenvalue weighted by Gasteiger charge is -2.28. The van der Waals surface area contributed by atoms with Crippen molar-refractivity contribution in [3.8, 4) is 0 Å². The van der Waals surface area contributed by atoms with Crippen molar-refractivity contribution in [3.05, 3.63) is 71.8 Å². The Labute approximate surface area is 160 Å². The number of rotatable bonds is 10. The van der Waals surface area contributed by atoms with Crippen LogP contribution < -0.4 is 0 Å². The summed E-state index contributed by atoms with van der Waals surface area (Å²) < 4.78 is 4.98. The molecule has 0 aliphatic carbocycles. The Balaban J connectivity index is 2.27.